The van der Waals surface area contributed by atoms with Crippen molar-refractivity contribution in [2.75, 3.05) is 20.8 Å². The third-order valence-electron chi connectivity index (χ3n) is 21.1. The molecule has 24 heteroatoms. The average Bonchev–Trinajstić information content (AvgIpc) is 1.34. The van der Waals surface area contributed by atoms with E-state index in [1.807, 2.05) is 43.3 Å². The van der Waals surface area contributed by atoms with E-state index >= 15 is 0 Å². The van der Waals surface area contributed by atoms with E-state index in [1.165, 1.54) is 20.1 Å². The molecule has 0 radical (unpaired) electrons. The number of hydrogen-bond donors (Lipinski definition) is 9. The summed E-state index contributed by atoms with van der Waals surface area (Å²) in [5.74, 6) is -1.90. The first-order valence-electron chi connectivity index (χ1n) is 30.6. The summed E-state index contributed by atoms with van der Waals surface area (Å²) in [6.07, 6.45) is -14.2. The minimum atomic E-state index is -2.07. The maximum atomic E-state index is 13.6. The molecule has 29 atom stereocenters. The van der Waals surface area contributed by atoms with Crippen LogP contribution in [-0.4, -0.2) is 237 Å². The number of ketones is 1. The molecule has 29 unspecified atom stereocenters. The monoisotopic (exact) mass is 1220 g/mol. The van der Waals surface area contributed by atoms with Gasteiger partial charge in [-0.15, -0.1) is 0 Å². The van der Waals surface area contributed by atoms with Gasteiger partial charge in [-0.05, 0) is 104 Å². The fraction of sp³-hybridized carbons (Fsp3) is 0.806. The van der Waals surface area contributed by atoms with Gasteiger partial charge in [-0.2, -0.15) is 0 Å². The topological polar surface area (TPSA) is 336 Å². The Balaban J connectivity index is 0.708. The minimum absolute atomic E-state index is 0.0355. The molecule has 9 aliphatic rings. The van der Waals surface area contributed by atoms with Gasteiger partial charge in [0, 0.05) is 51.9 Å². The molecule has 3 saturated carbocycles. The standard InChI is InChI=1S/C62H92O24/c1-30-53(83-48-26-40(74-8)55(32(3)78-48)85-47-25-39(66)54(31(2)77-47)84-49-27-41(75-9)56(33(4)79-49)86-57-52(70)51(69)50(68)42(29-63)81-57)38(65)24-46(76-30)80-37-18-19-58(6)36(23-37)17-20-61(72)43(58)28-44(82-45(67)16-15-35-13-11-10-12-14-35)59(7)60(71,34(5)64)21-22-62(59,61)73/h10-17,30-33,37-44,46-57,63,65-66,68-73H,18-29H2,1-9H3. The minimum Gasteiger partial charge on any atom is -0.458 e. The molecule has 5 saturated heterocycles. The van der Waals surface area contributed by atoms with Crippen LogP contribution in [0.4, 0.5) is 0 Å². The van der Waals surface area contributed by atoms with Crippen molar-refractivity contribution < 1.29 is 117 Å². The Labute approximate surface area is 501 Å². The lowest BCUT2D eigenvalue weighted by Gasteiger charge is -2.67. The molecule has 1 aromatic carbocycles. The molecule has 5 heterocycles. The van der Waals surface area contributed by atoms with Crippen molar-refractivity contribution in [1.29, 1.82) is 0 Å². The molecule has 24 nitrogen and oxygen atoms in total. The molecule has 8 fully saturated rings. The smallest absolute Gasteiger partial charge is 0.331 e. The van der Waals surface area contributed by atoms with E-state index in [4.69, 9.17) is 61.6 Å². The number of methoxy groups -OCH3 is 2. The summed E-state index contributed by atoms with van der Waals surface area (Å²) in [4.78, 5) is 27.0. The molecule has 10 rings (SSSR count). The largest absolute Gasteiger partial charge is 0.458 e. The number of benzene rings is 1. The van der Waals surface area contributed by atoms with E-state index in [0.717, 1.165) is 11.1 Å². The molecule has 5 aliphatic heterocycles. The van der Waals surface area contributed by atoms with Crippen molar-refractivity contribution in [1.82, 2.24) is 0 Å². The van der Waals surface area contributed by atoms with E-state index < -0.39 is 187 Å². The summed E-state index contributed by atoms with van der Waals surface area (Å²) in [5, 5.41) is 102. The first kappa shape index (κ1) is 65.9. The van der Waals surface area contributed by atoms with Gasteiger partial charge >= 0.3 is 5.97 Å². The number of carbonyl (C=O) groups is 2. The molecule has 1 aromatic rings. The predicted molar refractivity (Wildman–Crippen MR) is 299 cm³/mol. The van der Waals surface area contributed by atoms with Gasteiger partial charge in [-0.1, -0.05) is 48.9 Å². The first-order valence-corrected chi connectivity index (χ1v) is 30.6. The number of ether oxygens (including phenoxy) is 13. The zero-order chi connectivity index (χ0) is 62.0. The number of aliphatic hydroxyl groups excluding tert-OH is 6. The summed E-state index contributed by atoms with van der Waals surface area (Å²) in [6, 6.07) is 9.22. The number of rotatable bonds is 17. The number of carbonyl (C=O) groups excluding carboxylic acids is 2. The van der Waals surface area contributed by atoms with Gasteiger partial charge in [0.1, 0.15) is 71.7 Å². The van der Waals surface area contributed by atoms with Gasteiger partial charge in [-0.3, -0.25) is 4.79 Å². The average molecular weight is 1220 g/mol. The van der Waals surface area contributed by atoms with Gasteiger partial charge in [0.15, 0.2) is 37.2 Å². The highest BCUT2D eigenvalue weighted by atomic mass is 16.8. The second-order valence-electron chi connectivity index (χ2n) is 26.0. The van der Waals surface area contributed by atoms with Crippen LogP contribution in [0.15, 0.2) is 48.1 Å². The van der Waals surface area contributed by atoms with E-state index in [9.17, 15) is 55.5 Å². The van der Waals surface area contributed by atoms with Crippen molar-refractivity contribution in [3.8, 4) is 0 Å². The third-order valence-corrected chi connectivity index (χ3v) is 21.1. The molecular formula is C62H92O24. The molecule has 0 spiro atoms. The summed E-state index contributed by atoms with van der Waals surface area (Å²) < 4.78 is 80.5. The number of aliphatic hydroxyl groups is 9. The molecule has 0 amide bonds. The van der Waals surface area contributed by atoms with Crippen molar-refractivity contribution in [3.05, 3.63) is 53.6 Å². The zero-order valence-corrected chi connectivity index (χ0v) is 50.6. The maximum absolute atomic E-state index is 13.6. The number of fused-ring (bicyclic) bond motifs is 5. The lowest BCUT2D eigenvalue weighted by Crippen LogP contribution is -2.78. The van der Waals surface area contributed by atoms with E-state index in [-0.39, 0.29) is 57.5 Å². The Morgan fingerprint density at radius 2 is 1.19 bits per heavy atom. The van der Waals surface area contributed by atoms with Crippen LogP contribution in [0.5, 0.6) is 0 Å². The van der Waals surface area contributed by atoms with Crippen LogP contribution in [0, 0.1) is 16.7 Å². The molecule has 484 valence electrons. The Bertz CT molecular complexity index is 2530. The fourth-order valence-electron chi connectivity index (χ4n) is 16.1. The molecule has 0 bridgehead atoms. The summed E-state index contributed by atoms with van der Waals surface area (Å²) >= 11 is 0. The van der Waals surface area contributed by atoms with Crippen LogP contribution in [-0.2, 0) is 71.2 Å². The first-order chi connectivity index (χ1) is 40.7. The predicted octanol–water partition coefficient (Wildman–Crippen LogP) is 1.75. The lowest BCUT2D eigenvalue weighted by molar-refractivity contribution is -0.358. The number of hydrogen-bond acceptors (Lipinski definition) is 24. The number of Topliss-reactive ketones (excluding diaryl/α,β-unsaturated/α-hetero) is 1. The van der Waals surface area contributed by atoms with Crippen LogP contribution in [0.1, 0.15) is 125 Å². The van der Waals surface area contributed by atoms with Gasteiger partial charge in [0.05, 0.1) is 67.0 Å². The Morgan fingerprint density at radius 3 is 1.73 bits per heavy atom. The van der Waals surface area contributed by atoms with Crippen LogP contribution >= 0.6 is 0 Å². The maximum Gasteiger partial charge on any atom is 0.331 e. The summed E-state index contributed by atoms with van der Waals surface area (Å²) in [5.41, 5.74) is -6.51. The van der Waals surface area contributed by atoms with E-state index in [2.05, 4.69) is 6.92 Å². The van der Waals surface area contributed by atoms with E-state index in [1.54, 1.807) is 40.9 Å². The van der Waals surface area contributed by atoms with Crippen molar-refractivity contribution >= 4 is 17.8 Å². The van der Waals surface area contributed by atoms with Crippen LogP contribution in [0.3, 0.4) is 0 Å². The second kappa shape index (κ2) is 25.9. The highest BCUT2D eigenvalue weighted by Crippen LogP contribution is 2.71. The Kier molecular flexibility index (Phi) is 19.9. The summed E-state index contributed by atoms with van der Waals surface area (Å²) in [7, 11) is 3.02. The van der Waals surface area contributed by atoms with Crippen LogP contribution in [0.25, 0.3) is 6.08 Å². The van der Waals surface area contributed by atoms with Gasteiger partial charge in [0.25, 0.3) is 0 Å². The molecule has 9 N–H and O–H groups in total. The van der Waals surface area contributed by atoms with Gasteiger partial charge in [-0.25, -0.2) is 4.79 Å². The second-order valence-corrected chi connectivity index (χ2v) is 26.0. The van der Waals surface area contributed by atoms with Crippen LogP contribution < -0.4 is 0 Å². The van der Waals surface area contributed by atoms with Crippen molar-refractivity contribution in [2.24, 2.45) is 16.7 Å². The third kappa shape index (κ3) is 12.0. The molecule has 0 aromatic heterocycles. The van der Waals surface area contributed by atoms with Gasteiger partial charge < -0.3 is 108 Å². The lowest BCUT2D eigenvalue weighted by atomic mass is 9.42. The number of esters is 1. The Hall–Kier alpha value is -3.00. The SMILES string of the molecule is COC1CC(OC2C(O)CC(OC3CCC4(C)C(=CCC5(O)C4CC(OC(=O)C=Cc4ccccc4)C4(C)C(O)(C(C)=O)CCC54O)C3)OC2C)OC(C)C1OC1CC(O)C(OC2CC(OC)C(OC3OC(CO)C(O)C(O)C3O)C(C)O2)C(C)O1. The quantitative estimate of drug-likeness (QED) is 0.0609. The molecule has 4 aliphatic carbocycles. The van der Waals surface area contributed by atoms with E-state index in [0.29, 0.717) is 19.3 Å². The van der Waals surface area contributed by atoms with Crippen molar-refractivity contribution in [2.45, 2.75) is 277 Å². The highest BCUT2D eigenvalue weighted by molar-refractivity contribution is 5.88. The fourth-order valence-corrected chi connectivity index (χ4v) is 16.1. The van der Waals surface area contributed by atoms with Crippen molar-refractivity contribution in [3.63, 3.8) is 0 Å². The normalized spacial score (nSPS) is 49.7. The molecule has 86 heavy (non-hydrogen) atoms. The Morgan fingerprint density at radius 1 is 0.651 bits per heavy atom. The zero-order valence-electron chi connectivity index (χ0n) is 50.6. The highest BCUT2D eigenvalue weighted by Gasteiger charge is 2.81. The molecular weight excluding hydrogens is 1130 g/mol. The summed E-state index contributed by atoms with van der Waals surface area (Å²) in [6.45, 7) is 11.4. The van der Waals surface area contributed by atoms with Gasteiger partial charge in [0.2, 0.25) is 0 Å². The van der Waals surface area contributed by atoms with Crippen LogP contribution in [0.2, 0.25) is 0 Å².